The third-order valence-corrected chi connectivity index (χ3v) is 6.28. The molecule has 3 amide bonds. The Morgan fingerprint density at radius 3 is 2.28 bits per heavy atom. The molecule has 32 heavy (non-hydrogen) atoms. The van der Waals surface area contributed by atoms with Crippen LogP contribution >= 0.6 is 11.3 Å². The van der Waals surface area contributed by atoms with Crippen LogP contribution in [-0.4, -0.2) is 41.2 Å². The second-order valence-corrected chi connectivity index (χ2v) is 8.77. The van der Waals surface area contributed by atoms with Crippen molar-refractivity contribution < 1.29 is 23.9 Å². The largest absolute Gasteiger partial charge is 0.462 e. The third kappa shape index (κ3) is 4.14. The first kappa shape index (κ1) is 23.2. The van der Waals surface area contributed by atoms with E-state index in [-0.39, 0.29) is 45.5 Å². The summed E-state index contributed by atoms with van der Waals surface area (Å²) in [7, 11) is 0. The van der Waals surface area contributed by atoms with E-state index < -0.39 is 29.7 Å². The van der Waals surface area contributed by atoms with E-state index in [0.29, 0.717) is 5.56 Å². The highest BCUT2D eigenvalue weighted by Gasteiger charge is 2.43. The number of benzene rings is 1. The van der Waals surface area contributed by atoms with E-state index in [1.54, 1.807) is 38.1 Å². The molecule has 0 bridgehead atoms. The Morgan fingerprint density at radius 2 is 1.78 bits per heavy atom. The zero-order valence-electron chi connectivity index (χ0n) is 18.2. The molecule has 3 rings (SSSR count). The topological polar surface area (TPSA) is 117 Å². The van der Waals surface area contributed by atoms with Gasteiger partial charge in [-0.05, 0) is 43.9 Å². The zero-order chi connectivity index (χ0) is 23.6. The van der Waals surface area contributed by atoms with E-state index >= 15 is 0 Å². The molecule has 1 aliphatic heterocycles. The van der Waals surface area contributed by atoms with Crippen LogP contribution in [0.1, 0.15) is 68.7 Å². The monoisotopic (exact) mass is 453 g/mol. The first-order valence-electron chi connectivity index (χ1n) is 10.2. The van der Waals surface area contributed by atoms with Crippen LogP contribution in [0.4, 0.5) is 5.00 Å². The molecule has 1 unspecified atom stereocenters. The first-order valence-corrected chi connectivity index (χ1v) is 11.0. The van der Waals surface area contributed by atoms with Crippen molar-refractivity contribution in [2.24, 2.45) is 5.92 Å². The summed E-state index contributed by atoms with van der Waals surface area (Å²) in [6.07, 6.45) is 0.244. The minimum atomic E-state index is -1.07. The molecule has 0 radical (unpaired) electrons. The van der Waals surface area contributed by atoms with Gasteiger partial charge < -0.3 is 10.1 Å². The van der Waals surface area contributed by atoms with Crippen LogP contribution in [0.25, 0.3) is 0 Å². The second kappa shape index (κ2) is 9.32. The Balaban J connectivity index is 1.95. The minimum absolute atomic E-state index is 0.00524. The summed E-state index contributed by atoms with van der Waals surface area (Å²) in [5.41, 5.74) is 1.08. The Bertz CT molecular complexity index is 1110. The molecule has 0 aliphatic carbocycles. The number of imide groups is 1. The number of esters is 1. The Kier molecular flexibility index (Phi) is 6.75. The van der Waals surface area contributed by atoms with Crippen molar-refractivity contribution in [2.45, 2.75) is 40.2 Å². The summed E-state index contributed by atoms with van der Waals surface area (Å²) in [6, 6.07) is 7.38. The van der Waals surface area contributed by atoms with Gasteiger partial charge in [-0.2, -0.15) is 5.26 Å². The molecule has 0 saturated heterocycles. The van der Waals surface area contributed by atoms with Gasteiger partial charge in [-0.1, -0.05) is 26.0 Å². The molecule has 0 fully saturated rings. The number of fused-ring (bicyclic) bond motifs is 1. The molecule has 0 spiro atoms. The number of ether oxygens (including phenoxy) is 1. The molecule has 166 valence electrons. The number of nitriles is 1. The highest BCUT2D eigenvalue weighted by atomic mass is 32.1. The maximum atomic E-state index is 13.3. The Morgan fingerprint density at radius 1 is 1.19 bits per heavy atom. The molecule has 2 heterocycles. The van der Waals surface area contributed by atoms with Crippen molar-refractivity contribution in [1.82, 2.24) is 4.90 Å². The Hall–Kier alpha value is -3.51. The van der Waals surface area contributed by atoms with Gasteiger partial charge in [0.2, 0.25) is 5.91 Å². The van der Waals surface area contributed by atoms with Crippen LogP contribution in [-0.2, 0) is 9.53 Å². The van der Waals surface area contributed by atoms with Crippen molar-refractivity contribution in [3.05, 3.63) is 51.4 Å². The predicted molar refractivity (Wildman–Crippen MR) is 119 cm³/mol. The number of carbonyl (C=O) groups is 4. The lowest BCUT2D eigenvalue weighted by Crippen LogP contribution is -2.47. The summed E-state index contributed by atoms with van der Waals surface area (Å²) in [4.78, 5) is 52.6. The first-order chi connectivity index (χ1) is 15.2. The van der Waals surface area contributed by atoms with Crippen molar-refractivity contribution in [1.29, 1.82) is 5.26 Å². The van der Waals surface area contributed by atoms with E-state index in [2.05, 4.69) is 5.32 Å². The van der Waals surface area contributed by atoms with Crippen molar-refractivity contribution in [3.8, 4) is 6.07 Å². The average Bonchev–Trinajstić information content (AvgIpc) is 3.20. The number of nitrogens with one attached hydrogen (secondary N) is 1. The molecule has 8 nitrogen and oxygen atoms in total. The maximum absolute atomic E-state index is 13.3. The van der Waals surface area contributed by atoms with E-state index in [1.165, 1.54) is 0 Å². The number of hydrogen-bond donors (Lipinski definition) is 1. The van der Waals surface area contributed by atoms with Crippen LogP contribution in [0.3, 0.4) is 0 Å². The lowest BCUT2D eigenvalue weighted by atomic mass is 10.0. The van der Waals surface area contributed by atoms with Crippen LogP contribution in [0, 0.1) is 24.2 Å². The fourth-order valence-electron chi connectivity index (χ4n) is 3.59. The molecule has 9 heteroatoms. The minimum Gasteiger partial charge on any atom is -0.462 e. The molecule has 1 aromatic heterocycles. The molecule has 2 aromatic rings. The maximum Gasteiger partial charge on any atom is 0.348 e. The van der Waals surface area contributed by atoms with Gasteiger partial charge in [-0.3, -0.25) is 19.3 Å². The quantitative estimate of drug-likeness (QED) is 0.504. The number of hydrogen-bond acceptors (Lipinski definition) is 7. The van der Waals surface area contributed by atoms with Gasteiger partial charge in [0.25, 0.3) is 11.8 Å². The molecule has 1 aromatic carbocycles. The van der Waals surface area contributed by atoms with Crippen molar-refractivity contribution in [2.75, 3.05) is 11.9 Å². The number of anilines is 1. The van der Waals surface area contributed by atoms with Gasteiger partial charge in [-0.25, -0.2) is 4.79 Å². The van der Waals surface area contributed by atoms with Crippen LogP contribution in [0.15, 0.2) is 24.3 Å². The molecular formula is C23H23N3O5S. The zero-order valence-corrected chi connectivity index (χ0v) is 19.0. The molecule has 1 N–H and O–H groups in total. The van der Waals surface area contributed by atoms with Gasteiger partial charge in [0, 0.05) is 0 Å². The standard InChI is InChI=1S/C23H23N3O5S/c1-5-31-23(30)18-13(4)16(11-24)20(32-18)25-19(27)17(10-12(2)3)26-21(28)14-8-6-7-9-15(14)22(26)29/h6-9,12,17H,5,10H2,1-4H3,(H,25,27). The van der Waals surface area contributed by atoms with Gasteiger partial charge >= 0.3 is 5.97 Å². The van der Waals surface area contributed by atoms with Gasteiger partial charge in [0.1, 0.15) is 22.0 Å². The van der Waals surface area contributed by atoms with Gasteiger partial charge in [0.05, 0.1) is 23.3 Å². The summed E-state index contributed by atoms with van der Waals surface area (Å²) in [5.74, 6) is -2.22. The summed E-state index contributed by atoms with van der Waals surface area (Å²) >= 11 is 0.937. The number of thiophene rings is 1. The lowest BCUT2D eigenvalue weighted by molar-refractivity contribution is -0.120. The van der Waals surface area contributed by atoms with E-state index in [0.717, 1.165) is 16.2 Å². The highest BCUT2D eigenvalue weighted by molar-refractivity contribution is 7.18. The van der Waals surface area contributed by atoms with Crippen LogP contribution in [0.2, 0.25) is 0 Å². The van der Waals surface area contributed by atoms with Crippen molar-refractivity contribution >= 4 is 40.0 Å². The van der Waals surface area contributed by atoms with Gasteiger partial charge in [-0.15, -0.1) is 11.3 Å². The van der Waals surface area contributed by atoms with Gasteiger partial charge in [0.15, 0.2) is 0 Å². The average molecular weight is 454 g/mol. The highest BCUT2D eigenvalue weighted by Crippen LogP contribution is 2.34. The number of carbonyl (C=O) groups excluding carboxylic acids is 4. The predicted octanol–water partition coefficient (Wildman–Crippen LogP) is 3.75. The third-order valence-electron chi connectivity index (χ3n) is 5.09. The Labute approximate surface area is 189 Å². The summed E-state index contributed by atoms with van der Waals surface area (Å²) < 4.78 is 5.02. The second-order valence-electron chi connectivity index (χ2n) is 7.75. The number of amides is 3. The van der Waals surface area contributed by atoms with Crippen molar-refractivity contribution in [3.63, 3.8) is 0 Å². The fourth-order valence-corrected chi connectivity index (χ4v) is 4.64. The molecular weight excluding hydrogens is 430 g/mol. The van der Waals surface area contributed by atoms with Crippen LogP contribution in [0.5, 0.6) is 0 Å². The fraction of sp³-hybridized carbons (Fsp3) is 0.348. The van der Waals surface area contributed by atoms with Crippen LogP contribution < -0.4 is 5.32 Å². The van der Waals surface area contributed by atoms with E-state index in [4.69, 9.17) is 4.74 Å². The number of rotatable bonds is 7. The molecule has 0 saturated carbocycles. The lowest BCUT2D eigenvalue weighted by Gasteiger charge is -2.26. The smallest absolute Gasteiger partial charge is 0.348 e. The summed E-state index contributed by atoms with van der Waals surface area (Å²) in [6.45, 7) is 7.22. The molecule has 1 aliphatic rings. The van der Waals surface area contributed by atoms with E-state index in [1.807, 2.05) is 19.9 Å². The SMILES string of the molecule is CCOC(=O)c1sc(NC(=O)C(CC(C)C)N2C(=O)c3ccccc3C2=O)c(C#N)c1C. The van der Waals surface area contributed by atoms with E-state index in [9.17, 15) is 24.4 Å². The molecule has 1 atom stereocenters. The summed E-state index contributed by atoms with van der Waals surface area (Å²) in [5, 5.41) is 12.4. The normalized spacial score (nSPS) is 13.7. The number of nitrogens with zero attached hydrogens (tertiary/aromatic N) is 2.